The van der Waals surface area contributed by atoms with Gasteiger partial charge in [-0.15, -0.1) is 11.3 Å². The fourth-order valence-corrected chi connectivity index (χ4v) is 2.84. The van der Waals surface area contributed by atoms with Crippen molar-refractivity contribution in [3.63, 3.8) is 0 Å². The number of thiazole rings is 1. The minimum Gasteiger partial charge on any atom is -0.375 e. The van der Waals surface area contributed by atoms with Gasteiger partial charge in [0.15, 0.2) is 5.60 Å². The molecule has 0 spiro atoms. The first kappa shape index (κ1) is 11.4. The number of hydrogen-bond donors (Lipinski definition) is 2. The van der Waals surface area contributed by atoms with Gasteiger partial charge >= 0.3 is 0 Å². The summed E-state index contributed by atoms with van der Waals surface area (Å²) in [5.41, 5.74) is 0.543. The lowest BCUT2D eigenvalue weighted by molar-refractivity contribution is -0.133. The third-order valence-electron chi connectivity index (χ3n) is 3.10. The summed E-state index contributed by atoms with van der Waals surface area (Å²) >= 11 is 1.52. The van der Waals surface area contributed by atoms with E-state index in [1.807, 2.05) is 24.4 Å². The van der Waals surface area contributed by atoms with Gasteiger partial charge in [-0.1, -0.05) is 18.2 Å². The molecule has 1 aliphatic heterocycles. The molecule has 4 nitrogen and oxygen atoms in total. The monoisotopic (exact) mass is 260 g/mol. The zero-order chi connectivity index (χ0) is 12.8. The highest BCUT2D eigenvalue weighted by atomic mass is 32.1. The molecular formula is C13H12N2O2S. The summed E-state index contributed by atoms with van der Waals surface area (Å²) < 4.78 is 0. The predicted octanol–water partition coefficient (Wildman–Crippen LogP) is 1.83. The van der Waals surface area contributed by atoms with E-state index in [9.17, 15) is 9.90 Å². The number of para-hydroxylation sites is 1. The Morgan fingerprint density at radius 1 is 1.44 bits per heavy atom. The van der Waals surface area contributed by atoms with Crippen molar-refractivity contribution in [2.45, 2.75) is 18.9 Å². The van der Waals surface area contributed by atoms with Gasteiger partial charge in [0.2, 0.25) is 0 Å². The van der Waals surface area contributed by atoms with Crippen LogP contribution in [-0.2, 0) is 16.8 Å². The number of anilines is 1. The van der Waals surface area contributed by atoms with E-state index in [0.29, 0.717) is 11.3 Å². The van der Waals surface area contributed by atoms with Crippen LogP contribution in [0.5, 0.6) is 0 Å². The first-order valence-corrected chi connectivity index (χ1v) is 6.52. The van der Waals surface area contributed by atoms with E-state index in [2.05, 4.69) is 10.3 Å². The average molecular weight is 260 g/mol. The molecule has 0 saturated heterocycles. The second-order valence-corrected chi connectivity index (χ2v) is 5.46. The Morgan fingerprint density at radius 2 is 2.22 bits per heavy atom. The smallest absolute Gasteiger partial charge is 0.261 e. The summed E-state index contributed by atoms with van der Waals surface area (Å²) in [6.45, 7) is 1.90. The second-order valence-electron chi connectivity index (χ2n) is 4.39. The Kier molecular flexibility index (Phi) is 2.46. The fraction of sp³-hybridized carbons (Fsp3) is 0.231. The number of amides is 1. The highest BCUT2D eigenvalue weighted by Gasteiger charge is 2.45. The number of fused-ring (bicyclic) bond motifs is 1. The molecule has 0 fully saturated rings. The first-order chi connectivity index (χ1) is 8.59. The van der Waals surface area contributed by atoms with Crippen LogP contribution in [0.1, 0.15) is 16.3 Å². The quantitative estimate of drug-likeness (QED) is 0.866. The van der Waals surface area contributed by atoms with Crippen molar-refractivity contribution < 1.29 is 9.90 Å². The maximum absolute atomic E-state index is 12.0. The zero-order valence-corrected chi connectivity index (χ0v) is 10.6. The van der Waals surface area contributed by atoms with E-state index in [1.54, 1.807) is 12.1 Å². The van der Waals surface area contributed by atoms with Gasteiger partial charge in [0, 0.05) is 23.1 Å². The minimum absolute atomic E-state index is 0.209. The van der Waals surface area contributed by atoms with Crippen molar-refractivity contribution >= 4 is 22.9 Å². The molecule has 3 rings (SSSR count). The Labute approximate surface area is 108 Å². The molecule has 1 unspecified atom stereocenters. The number of nitrogens with zero attached hydrogens (tertiary/aromatic N) is 1. The highest BCUT2D eigenvalue weighted by molar-refractivity contribution is 7.09. The number of aliphatic hydroxyl groups is 1. The first-order valence-electron chi connectivity index (χ1n) is 5.64. The number of carbonyl (C=O) groups is 1. The topological polar surface area (TPSA) is 62.2 Å². The number of hydrogen-bond acceptors (Lipinski definition) is 4. The van der Waals surface area contributed by atoms with Crippen LogP contribution in [0, 0.1) is 6.92 Å². The van der Waals surface area contributed by atoms with Gasteiger partial charge in [-0.2, -0.15) is 0 Å². The van der Waals surface area contributed by atoms with E-state index < -0.39 is 5.60 Å². The Hall–Kier alpha value is -1.72. The molecule has 0 saturated carbocycles. The summed E-state index contributed by atoms with van der Waals surface area (Å²) in [7, 11) is 0. The lowest BCUT2D eigenvalue weighted by Gasteiger charge is -2.19. The SMILES string of the molecule is Cc1nc(CC2(O)C(=O)Nc3ccccc32)cs1. The van der Waals surface area contributed by atoms with Crippen molar-refractivity contribution in [2.24, 2.45) is 0 Å². The lowest BCUT2D eigenvalue weighted by atomic mass is 9.91. The summed E-state index contributed by atoms with van der Waals surface area (Å²) in [6, 6.07) is 7.21. The van der Waals surface area contributed by atoms with E-state index in [4.69, 9.17) is 0 Å². The summed E-state index contributed by atoms with van der Waals surface area (Å²) in [6.07, 6.45) is 0.209. The second kappa shape index (κ2) is 3.90. The summed E-state index contributed by atoms with van der Waals surface area (Å²) in [4.78, 5) is 16.3. The van der Waals surface area contributed by atoms with E-state index >= 15 is 0 Å². The van der Waals surface area contributed by atoms with Crippen LogP contribution in [0.3, 0.4) is 0 Å². The Balaban J connectivity index is 2.01. The van der Waals surface area contributed by atoms with Crippen LogP contribution >= 0.6 is 11.3 Å². The van der Waals surface area contributed by atoms with Crippen LogP contribution in [0.2, 0.25) is 0 Å². The molecule has 5 heteroatoms. The molecule has 92 valence electrons. The number of nitrogens with one attached hydrogen (secondary N) is 1. The molecule has 2 N–H and O–H groups in total. The number of carbonyl (C=O) groups excluding carboxylic acids is 1. The largest absolute Gasteiger partial charge is 0.375 e. The van der Waals surface area contributed by atoms with Gasteiger partial charge in [-0.25, -0.2) is 4.98 Å². The van der Waals surface area contributed by atoms with Gasteiger partial charge in [-0.3, -0.25) is 4.79 Å². The zero-order valence-electron chi connectivity index (χ0n) is 9.80. The highest BCUT2D eigenvalue weighted by Crippen LogP contribution is 2.38. The third-order valence-corrected chi connectivity index (χ3v) is 3.92. The molecule has 0 aliphatic carbocycles. The van der Waals surface area contributed by atoms with Gasteiger partial charge in [-0.05, 0) is 13.0 Å². The maximum Gasteiger partial charge on any atom is 0.261 e. The van der Waals surface area contributed by atoms with Crippen LogP contribution in [0.4, 0.5) is 5.69 Å². The van der Waals surface area contributed by atoms with Crippen molar-refractivity contribution in [2.75, 3.05) is 5.32 Å². The van der Waals surface area contributed by atoms with Crippen molar-refractivity contribution in [1.82, 2.24) is 4.98 Å². The molecule has 1 aromatic heterocycles. The molecule has 1 amide bonds. The van der Waals surface area contributed by atoms with Crippen molar-refractivity contribution in [3.05, 3.63) is 45.9 Å². The molecule has 1 atom stereocenters. The Bertz CT molecular complexity index is 623. The third kappa shape index (κ3) is 1.63. The Morgan fingerprint density at radius 3 is 2.94 bits per heavy atom. The average Bonchev–Trinajstić information content (AvgIpc) is 2.84. The van der Waals surface area contributed by atoms with Gasteiger partial charge in [0.1, 0.15) is 0 Å². The maximum atomic E-state index is 12.0. The number of aryl methyl sites for hydroxylation is 1. The summed E-state index contributed by atoms with van der Waals surface area (Å²) in [5.74, 6) is -0.380. The van der Waals surface area contributed by atoms with Crippen molar-refractivity contribution in [3.8, 4) is 0 Å². The minimum atomic E-state index is -1.50. The molecule has 2 aromatic rings. The molecule has 0 radical (unpaired) electrons. The lowest BCUT2D eigenvalue weighted by Crippen LogP contribution is -2.36. The van der Waals surface area contributed by atoms with Crippen molar-refractivity contribution in [1.29, 1.82) is 0 Å². The fourth-order valence-electron chi connectivity index (χ4n) is 2.23. The van der Waals surface area contributed by atoms with Crippen LogP contribution in [0.15, 0.2) is 29.6 Å². The molecular weight excluding hydrogens is 248 g/mol. The number of rotatable bonds is 2. The predicted molar refractivity (Wildman–Crippen MR) is 69.5 cm³/mol. The van der Waals surface area contributed by atoms with Gasteiger partial charge < -0.3 is 10.4 Å². The standard InChI is InChI=1S/C13H12N2O2S/c1-8-14-9(7-18-8)6-13(17)10-4-2-3-5-11(10)15-12(13)16/h2-5,7,17H,6H2,1H3,(H,15,16). The molecule has 1 aromatic carbocycles. The van der Waals surface area contributed by atoms with Gasteiger partial charge in [0.25, 0.3) is 5.91 Å². The molecule has 1 aliphatic rings. The molecule has 18 heavy (non-hydrogen) atoms. The van der Waals surface area contributed by atoms with Crippen LogP contribution in [-0.4, -0.2) is 16.0 Å². The number of benzene rings is 1. The molecule has 0 bridgehead atoms. The molecule has 2 heterocycles. The number of aromatic nitrogens is 1. The van der Waals surface area contributed by atoms with E-state index in [0.717, 1.165) is 10.7 Å². The van der Waals surface area contributed by atoms with E-state index in [-0.39, 0.29) is 12.3 Å². The van der Waals surface area contributed by atoms with Gasteiger partial charge in [0.05, 0.1) is 10.7 Å². The normalized spacial score (nSPS) is 21.8. The van der Waals surface area contributed by atoms with E-state index in [1.165, 1.54) is 11.3 Å². The van der Waals surface area contributed by atoms with Crippen LogP contribution in [0.25, 0.3) is 0 Å². The summed E-state index contributed by atoms with van der Waals surface area (Å²) in [5, 5.41) is 16.1. The van der Waals surface area contributed by atoms with Crippen LogP contribution < -0.4 is 5.32 Å².